The molecule has 0 aliphatic heterocycles. The van der Waals surface area contributed by atoms with Gasteiger partial charge >= 0.3 is 0 Å². The number of hydrogen-bond donors (Lipinski definition) is 1. The first-order valence-electron chi connectivity index (χ1n) is 9.60. The van der Waals surface area contributed by atoms with E-state index < -0.39 is 0 Å². The van der Waals surface area contributed by atoms with E-state index in [2.05, 4.69) is 9.97 Å². The highest BCUT2D eigenvalue weighted by molar-refractivity contribution is 7.09. The molecule has 4 rings (SSSR count). The third-order valence-corrected chi connectivity index (χ3v) is 5.68. The molecule has 31 heavy (non-hydrogen) atoms. The first-order chi connectivity index (χ1) is 15.1. The summed E-state index contributed by atoms with van der Waals surface area (Å²) in [5.74, 6) is 1.25. The van der Waals surface area contributed by atoms with Gasteiger partial charge < -0.3 is 19.4 Å². The number of thiophene rings is 1. The second kappa shape index (κ2) is 9.01. The Hall–Kier alpha value is -3.65. The number of carbonyl (C=O) groups is 1. The fraction of sp³-hybridized carbons (Fsp3) is 0.174. The molecule has 2 aromatic heterocycles. The van der Waals surface area contributed by atoms with Crippen molar-refractivity contribution in [3.63, 3.8) is 0 Å². The summed E-state index contributed by atoms with van der Waals surface area (Å²) in [6, 6.07) is 16.1. The molecule has 7 nitrogen and oxygen atoms in total. The maximum absolute atomic E-state index is 13.5. The van der Waals surface area contributed by atoms with Crippen LogP contribution in [-0.4, -0.2) is 35.0 Å². The van der Waals surface area contributed by atoms with Gasteiger partial charge in [0.2, 0.25) is 0 Å². The zero-order valence-corrected chi connectivity index (χ0v) is 17.9. The summed E-state index contributed by atoms with van der Waals surface area (Å²) < 4.78 is 10.6. The highest BCUT2D eigenvalue weighted by atomic mass is 32.1. The predicted octanol–water partition coefficient (Wildman–Crippen LogP) is 3.84. The minimum absolute atomic E-state index is 0.149. The first-order valence-corrected chi connectivity index (χ1v) is 10.5. The Balaban J connectivity index is 1.71. The van der Waals surface area contributed by atoms with Gasteiger partial charge in [-0.15, -0.1) is 11.3 Å². The number of para-hydroxylation sites is 1. The van der Waals surface area contributed by atoms with Gasteiger partial charge in [0.05, 0.1) is 38.2 Å². The number of nitrogens with zero attached hydrogens (tertiary/aromatic N) is 2. The summed E-state index contributed by atoms with van der Waals surface area (Å²) in [5, 5.41) is 2.47. The van der Waals surface area contributed by atoms with Crippen LogP contribution in [0.4, 0.5) is 0 Å². The lowest BCUT2D eigenvalue weighted by Gasteiger charge is -2.22. The van der Waals surface area contributed by atoms with E-state index in [9.17, 15) is 9.59 Å². The van der Waals surface area contributed by atoms with Crippen LogP contribution in [0.25, 0.3) is 10.9 Å². The van der Waals surface area contributed by atoms with Gasteiger partial charge in [0.15, 0.2) is 0 Å². The van der Waals surface area contributed by atoms with Gasteiger partial charge in [0.1, 0.15) is 17.3 Å². The largest absolute Gasteiger partial charge is 0.497 e. The van der Waals surface area contributed by atoms with Crippen molar-refractivity contribution in [2.45, 2.75) is 13.1 Å². The van der Waals surface area contributed by atoms with Crippen molar-refractivity contribution >= 4 is 28.1 Å². The highest BCUT2D eigenvalue weighted by Gasteiger charge is 2.20. The summed E-state index contributed by atoms with van der Waals surface area (Å²) in [6.45, 7) is 0.531. The van der Waals surface area contributed by atoms with Crippen LogP contribution in [0.3, 0.4) is 0 Å². The first kappa shape index (κ1) is 20.6. The van der Waals surface area contributed by atoms with Gasteiger partial charge in [-0.1, -0.05) is 18.2 Å². The average Bonchev–Trinajstić information content (AvgIpc) is 3.31. The molecule has 0 atom stereocenters. The zero-order chi connectivity index (χ0) is 21.8. The van der Waals surface area contributed by atoms with E-state index in [1.807, 2.05) is 23.6 Å². The van der Waals surface area contributed by atoms with Crippen LogP contribution in [0.1, 0.15) is 21.1 Å². The summed E-state index contributed by atoms with van der Waals surface area (Å²) in [6.07, 6.45) is 0. The van der Waals surface area contributed by atoms with Crippen LogP contribution in [0, 0.1) is 0 Å². The SMILES string of the molecule is COc1cc(OC)cc(C(=O)N(Cc2nc3ccccc3c(=O)[nH]2)Cc2cccs2)c1. The van der Waals surface area contributed by atoms with Gasteiger partial charge in [-0.25, -0.2) is 4.98 Å². The average molecular weight is 436 g/mol. The second-order valence-corrected chi connectivity index (χ2v) is 7.90. The number of fused-ring (bicyclic) bond motifs is 1. The predicted molar refractivity (Wildman–Crippen MR) is 120 cm³/mol. The Morgan fingerprint density at radius 2 is 1.77 bits per heavy atom. The van der Waals surface area contributed by atoms with E-state index in [-0.39, 0.29) is 18.0 Å². The van der Waals surface area contributed by atoms with Crippen LogP contribution in [0.2, 0.25) is 0 Å². The number of nitrogens with one attached hydrogen (secondary N) is 1. The summed E-state index contributed by atoms with van der Waals surface area (Å²) in [5.41, 5.74) is 0.788. The molecular formula is C23H21N3O4S. The summed E-state index contributed by atoms with van der Waals surface area (Å²) in [7, 11) is 3.08. The molecule has 158 valence electrons. The Morgan fingerprint density at radius 3 is 2.45 bits per heavy atom. The molecule has 0 saturated carbocycles. The van der Waals surface area contributed by atoms with Crippen LogP contribution >= 0.6 is 11.3 Å². The van der Waals surface area contributed by atoms with Crippen LogP contribution < -0.4 is 15.0 Å². The van der Waals surface area contributed by atoms with E-state index in [0.29, 0.717) is 40.3 Å². The molecule has 1 N–H and O–H groups in total. The Bertz CT molecular complexity index is 1250. The third kappa shape index (κ3) is 4.59. The van der Waals surface area contributed by atoms with Gasteiger partial charge in [-0.2, -0.15) is 0 Å². The van der Waals surface area contributed by atoms with Crippen LogP contribution in [0.5, 0.6) is 11.5 Å². The molecule has 0 bridgehead atoms. The number of aromatic nitrogens is 2. The Labute approximate surface area is 182 Å². The van der Waals surface area contributed by atoms with Gasteiger partial charge in [0.25, 0.3) is 11.5 Å². The molecule has 0 saturated heterocycles. The fourth-order valence-corrected chi connectivity index (χ4v) is 4.01. The topological polar surface area (TPSA) is 84.5 Å². The van der Waals surface area contributed by atoms with Crippen molar-refractivity contribution in [1.82, 2.24) is 14.9 Å². The van der Waals surface area contributed by atoms with Crippen molar-refractivity contribution in [3.8, 4) is 11.5 Å². The minimum atomic E-state index is -0.229. The van der Waals surface area contributed by atoms with Gasteiger partial charge in [0, 0.05) is 16.5 Å². The van der Waals surface area contributed by atoms with E-state index in [1.165, 1.54) is 14.2 Å². The number of rotatable bonds is 7. The van der Waals surface area contributed by atoms with E-state index >= 15 is 0 Å². The molecule has 4 aromatic rings. The van der Waals surface area contributed by atoms with E-state index in [4.69, 9.17) is 9.47 Å². The number of methoxy groups -OCH3 is 2. The molecule has 0 fully saturated rings. The lowest BCUT2D eigenvalue weighted by molar-refractivity contribution is 0.0726. The molecule has 0 spiro atoms. The monoisotopic (exact) mass is 435 g/mol. The second-order valence-electron chi connectivity index (χ2n) is 6.87. The normalized spacial score (nSPS) is 10.8. The number of ether oxygens (including phenoxy) is 2. The van der Waals surface area contributed by atoms with Gasteiger partial charge in [-0.3, -0.25) is 9.59 Å². The summed E-state index contributed by atoms with van der Waals surface area (Å²) >= 11 is 1.56. The summed E-state index contributed by atoms with van der Waals surface area (Å²) in [4.78, 5) is 36.0. The number of benzene rings is 2. The van der Waals surface area contributed by atoms with Crippen molar-refractivity contribution in [3.05, 3.63) is 86.6 Å². The van der Waals surface area contributed by atoms with E-state index in [1.54, 1.807) is 52.6 Å². The number of carbonyl (C=O) groups excluding carboxylic acids is 1. The molecule has 8 heteroatoms. The van der Waals surface area contributed by atoms with Crippen molar-refractivity contribution < 1.29 is 14.3 Å². The molecule has 0 unspecified atom stereocenters. The quantitative estimate of drug-likeness (QED) is 0.477. The standard InChI is InChI=1S/C23H21N3O4S/c1-29-16-10-15(11-17(12-16)30-2)23(28)26(13-18-6-5-9-31-18)14-21-24-20-8-4-3-7-19(20)22(27)25-21/h3-12H,13-14H2,1-2H3,(H,24,25,27). The van der Waals surface area contributed by atoms with Crippen molar-refractivity contribution in [2.75, 3.05) is 14.2 Å². The van der Waals surface area contributed by atoms with Crippen LogP contribution in [0.15, 0.2) is 64.8 Å². The van der Waals surface area contributed by atoms with E-state index in [0.717, 1.165) is 4.88 Å². The number of amides is 1. The zero-order valence-electron chi connectivity index (χ0n) is 17.1. The fourth-order valence-electron chi connectivity index (χ4n) is 3.29. The van der Waals surface area contributed by atoms with Crippen molar-refractivity contribution in [2.24, 2.45) is 0 Å². The molecular weight excluding hydrogens is 414 g/mol. The van der Waals surface area contributed by atoms with Crippen LogP contribution in [-0.2, 0) is 13.1 Å². The maximum Gasteiger partial charge on any atom is 0.258 e. The molecule has 0 aliphatic carbocycles. The van der Waals surface area contributed by atoms with Gasteiger partial charge in [-0.05, 0) is 35.7 Å². The number of aromatic amines is 1. The van der Waals surface area contributed by atoms with Crippen molar-refractivity contribution in [1.29, 1.82) is 0 Å². The molecule has 1 amide bonds. The molecule has 2 aromatic carbocycles. The lowest BCUT2D eigenvalue weighted by Crippen LogP contribution is -2.31. The minimum Gasteiger partial charge on any atom is -0.497 e. The molecule has 2 heterocycles. The molecule has 0 aliphatic rings. The Morgan fingerprint density at radius 1 is 1.03 bits per heavy atom. The lowest BCUT2D eigenvalue weighted by atomic mass is 10.1. The highest BCUT2D eigenvalue weighted by Crippen LogP contribution is 2.25. The Kier molecular flexibility index (Phi) is 5.99. The number of hydrogen-bond acceptors (Lipinski definition) is 6. The third-order valence-electron chi connectivity index (χ3n) is 4.81. The maximum atomic E-state index is 13.5. The molecule has 0 radical (unpaired) electrons. The smallest absolute Gasteiger partial charge is 0.258 e. The number of H-pyrrole nitrogens is 1.